The van der Waals surface area contributed by atoms with Gasteiger partial charge >= 0.3 is 23.9 Å². The molecule has 0 aliphatic rings. The van der Waals surface area contributed by atoms with E-state index in [1.165, 1.54) is 7.05 Å². The second kappa shape index (κ2) is 5.70. The highest BCUT2D eigenvalue weighted by Gasteiger charge is 2.76. The fraction of sp³-hybridized carbons (Fsp3) is 0.500. The van der Waals surface area contributed by atoms with Gasteiger partial charge in [-0.2, -0.15) is 35.8 Å². The van der Waals surface area contributed by atoms with Gasteiger partial charge in [0.05, 0.1) is 5.69 Å². The summed E-state index contributed by atoms with van der Waals surface area (Å²) in [5, 5.41) is 6.63. The Labute approximate surface area is 123 Å². The lowest BCUT2D eigenvalue weighted by Crippen LogP contribution is -2.57. The quantitative estimate of drug-likeness (QED) is 0.809. The average molecular weight is 350 g/mol. The van der Waals surface area contributed by atoms with Gasteiger partial charge in [0.2, 0.25) is 0 Å². The monoisotopic (exact) mass is 350 g/mol. The van der Waals surface area contributed by atoms with Crippen LogP contribution in [-0.4, -0.2) is 46.7 Å². The van der Waals surface area contributed by atoms with Crippen LogP contribution in [0.4, 0.5) is 36.4 Å². The molecule has 13 heteroatoms. The predicted molar refractivity (Wildman–Crippen MR) is 61.2 cm³/mol. The van der Waals surface area contributed by atoms with Gasteiger partial charge in [-0.25, -0.2) is 0 Å². The summed E-state index contributed by atoms with van der Waals surface area (Å²) >= 11 is 0. The van der Waals surface area contributed by atoms with Gasteiger partial charge in [-0.15, -0.1) is 0 Å². The molecule has 0 aliphatic heterocycles. The third-order valence-corrected chi connectivity index (χ3v) is 2.55. The number of hydrogen-bond donors (Lipinski definition) is 2. The van der Waals surface area contributed by atoms with E-state index in [1.54, 1.807) is 0 Å². The molecule has 2 N–H and O–H groups in total. The summed E-state index contributed by atoms with van der Waals surface area (Å²) in [7, 11) is 2.32. The average Bonchev–Trinajstić information content (AvgIpc) is 2.77. The molecule has 0 unspecified atom stereocenters. The first-order chi connectivity index (χ1) is 10.3. The lowest BCUT2D eigenvalue weighted by atomic mass is 10.1. The van der Waals surface area contributed by atoms with Crippen molar-refractivity contribution in [3.63, 3.8) is 0 Å². The first-order valence-corrected chi connectivity index (χ1v) is 5.65. The van der Waals surface area contributed by atoms with E-state index in [0.29, 0.717) is 0 Å². The molecule has 0 aliphatic carbocycles. The van der Waals surface area contributed by atoms with Gasteiger partial charge in [0.15, 0.2) is 5.69 Å². The van der Waals surface area contributed by atoms with Crippen LogP contribution in [0.25, 0.3) is 0 Å². The predicted octanol–water partition coefficient (Wildman–Crippen LogP) is 1.55. The Hall–Kier alpha value is -2.34. The summed E-state index contributed by atoms with van der Waals surface area (Å²) in [5.41, 5.74) is -1.40. The Morgan fingerprint density at radius 3 is 2.09 bits per heavy atom. The fourth-order valence-corrected chi connectivity index (χ4v) is 1.39. The summed E-state index contributed by atoms with van der Waals surface area (Å²) < 4.78 is 88.8. The Morgan fingerprint density at radius 1 is 1.13 bits per heavy atom. The largest absolute Gasteiger partial charge is 0.460 e. The van der Waals surface area contributed by atoms with Crippen LogP contribution in [0.5, 0.6) is 0 Å². The zero-order valence-corrected chi connectivity index (χ0v) is 11.4. The van der Waals surface area contributed by atoms with Gasteiger partial charge in [0, 0.05) is 20.3 Å². The van der Waals surface area contributed by atoms with Crippen LogP contribution in [0.3, 0.4) is 0 Å². The van der Waals surface area contributed by atoms with Crippen molar-refractivity contribution in [2.45, 2.75) is 18.0 Å². The molecular formula is C10H9F7N4O2. The topological polar surface area (TPSA) is 76.0 Å². The summed E-state index contributed by atoms with van der Waals surface area (Å²) in [6.07, 6.45) is -5.86. The van der Waals surface area contributed by atoms with Crippen LogP contribution in [0.2, 0.25) is 0 Å². The van der Waals surface area contributed by atoms with E-state index in [-0.39, 0.29) is 0 Å². The summed E-state index contributed by atoms with van der Waals surface area (Å²) in [6, 6.07) is 0. The maximum absolute atomic E-state index is 13.2. The molecule has 23 heavy (non-hydrogen) atoms. The summed E-state index contributed by atoms with van der Waals surface area (Å²) in [5.74, 6) is -16.6. The molecular weight excluding hydrogens is 341 g/mol. The number of hydrogen-bond acceptors (Lipinski definition) is 3. The van der Waals surface area contributed by atoms with E-state index in [2.05, 4.69) is 5.10 Å². The van der Waals surface area contributed by atoms with E-state index in [0.717, 1.165) is 23.2 Å². The highest BCUT2D eigenvalue weighted by Crippen LogP contribution is 2.46. The van der Waals surface area contributed by atoms with Crippen LogP contribution >= 0.6 is 0 Å². The molecule has 0 spiro atoms. The fourth-order valence-electron chi connectivity index (χ4n) is 1.39. The standard InChI is InChI=1S/C10H9F7N4O2/c1-18-6(22)5-4(3-21(2)20-5)19-7(23)8(11,12)9(13,14)10(15,16)17/h3H,1-2H3,(H,18,22)(H,19,23). The summed E-state index contributed by atoms with van der Waals surface area (Å²) in [6.45, 7) is 0. The first-order valence-electron chi connectivity index (χ1n) is 5.65. The molecule has 1 heterocycles. The highest BCUT2D eigenvalue weighted by atomic mass is 19.4. The number of rotatable bonds is 4. The number of carbonyl (C=O) groups excluding carboxylic acids is 2. The van der Waals surface area contributed by atoms with E-state index < -0.39 is 41.2 Å². The van der Waals surface area contributed by atoms with Crippen LogP contribution in [0, 0.1) is 0 Å². The number of aromatic nitrogens is 2. The number of alkyl halides is 7. The van der Waals surface area contributed by atoms with Crippen molar-refractivity contribution >= 4 is 17.5 Å². The van der Waals surface area contributed by atoms with E-state index >= 15 is 0 Å². The van der Waals surface area contributed by atoms with E-state index in [4.69, 9.17) is 0 Å². The second-order valence-electron chi connectivity index (χ2n) is 4.24. The SMILES string of the molecule is CNC(=O)c1nn(C)cc1NC(=O)C(F)(F)C(F)(F)C(F)(F)F. The zero-order chi connectivity index (χ0) is 18.2. The molecule has 130 valence electrons. The number of halogens is 7. The van der Waals surface area contributed by atoms with Crippen molar-refractivity contribution in [3.05, 3.63) is 11.9 Å². The third-order valence-electron chi connectivity index (χ3n) is 2.55. The van der Waals surface area contributed by atoms with Crippen molar-refractivity contribution < 1.29 is 40.3 Å². The summed E-state index contributed by atoms with van der Waals surface area (Å²) in [4.78, 5) is 22.6. The van der Waals surface area contributed by atoms with Crippen LogP contribution in [-0.2, 0) is 11.8 Å². The minimum atomic E-state index is -6.65. The van der Waals surface area contributed by atoms with Crippen molar-refractivity contribution in [1.29, 1.82) is 0 Å². The minimum absolute atomic E-state index is 0.644. The second-order valence-corrected chi connectivity index (χ2v) is 4.24. The Bertz CT molecular complexity index is 623. The Morgan fingerprint density at radius 2 is 1.65 bits per heavy atom. The van der Waals surface area contributed by atoms with Crippen molar-refractivity contribution in [3.8, 4) is 0 Å². The van der Waals surface area contributed by atoms with Gasteiger partial charge in [0.1, 0.15) is 0 Å². The van der Waals surface area contributed by atoms with Gasteiger partial charge in [-0.3, -0.25) is 14.3 Å². The minimum Gasteiger partial charge on any atom is -0.354 e. The van der Waals surface area contributed by atoms with Gasteiger partial charge in [-0.1, -0.05) is 0 Å². The molecule has 2 amide bonds. The number of nitrogens with zero attached hydrogens (tertiary/aromatic N) is 2. The van der Waals surface area contributed by atoms with Crippen LogP contribution in [0.15, 0.2) is 6.20 Å². The molecule has 1 rings (SSSR count). The molecule has 1 aromatic rings. The Balaban J connectivity index is 3.16. The first kappa shape index (κ1) is 18.7. The van der Waals surface area contributed by atoms with Crippen molar-refractivity contribution in [2.75, 3.05) is 12.4 Å². The number of aryl methyl sites for hydroxylation is 1. The molecule has 0 radical (unpaired) electrons. The van der Waals surface area contributed by atoms with Crippen molar-refractivity contribution in [1.82, 2.24) is 15.1 Å². The molecule has 6 nitrogen and oxygen atoms in total. The molecule has 0 aromatic carbocycles. The lowest BCUT2D eigenvalue weighted by molar-refractivity contribution is -0.343. The third kappa shape index (κ3) is 3.22. The maximum Gasteiger partial charge on any atom is 0.460 e. The van der Waals surface area contributed by atoms with Gasteiger partial charge in [-0.05, 0) is 0 Å². The number of anilines is 1. The maximum atomic E-state index is 13.2. The van der Waals surface area contributed by atoms with Crippen molar-refractivity contribution in [2.24, 2.45) is 7.05 Å². The molecule has 0 saturated heterocycles. The highest BCUT2D eigenvalue weighted by molar-refractivity contribution is 6.04. The van der Waals surface area contributed by atoms with Crippen LogP contribution in [0.1, 0.15) is 10.5 Å². The molecule has 0 atom stereocenters. The normalized spacial score (nSPS) is 12.9. The van der Waals surface area contributed by atoms with Gasteiger partial charge < -0.3 is 10.6 Å². The molecule has 0 bridgehead atoms. The smallest absolute Gasteiger partial charge is 0.354 e. The molecule has 0 saturated carbocycles. The van der Waals surface area contributed by atoms with E-state index in [1.807, 2.05) is 5.32 Å². The number of carbonyl (C=O) groups is 2. The molecule has 1 aromatic heterocycles. The lowest BCUT2D eigenvalue weighted by Gasteiger charge is -2.26. The van der Waals surface area contributed by atoms with Gasteiger partial charge in [0.25, 0.3) is 5.91 Å². The van der Waals surface area contributed by atoms with Crippen LogP contribution < -0.4 is 10.6 Å². The molecule has 0 fully saturated rings. The number of nitrogens with one attached hydrogen (secondary N) is 2. The zero-order valence-electron chi connectivity index (χ0n) is 11.4. The Kier molecular flexibility index (Phi) is 4.64. The number of amides is 2. The van der Waals surface area contributed by atoms with E-state index in [9.17, 15) is 40.3 Å².